The summed E-state index contributed by atoms with van der Waals surface area (Å²) >= 11 is 0. The zero-order valence-corrected chi connectivity index (χ0v) is 10.2. The Hall–Kier alpha value is -1.77. The normalized spacial score (nSPS) is 10.4. The summed E-state index contributed by atoms with van der Waals surface area (Å²) in [6.45, 7) is 3.83. The molecule has 2 aromatic rings. The highest BCUT2D eigenvalue weighted by molar-refractivity contribution is 5.20. The van der Waals surface area contributed by atoms with Crippen LogP contribution in [-0.2, 0) is 13.0 Å². The van der Waals surface area contributed by atoms with Gasteiger partial charge in [-0.2, -0.15) is 0 Å². The van der Waals surface area contributed by atoms with Gasteiger partial charge in [-0.1, -0.05) is 25.1 Å². The van der Waals surface area contributed by atoms with E-state index < -0.39 is 0 Å². The molecule has 3 nitrogen and oxygen atoms in total. The molecule has 3 heteroatoms. The average Bonchev–Trinajstić information content (AvgIpc) is 2.83. The lowest BCUT2D eigenvalue weighted by Crippen LogP contribution is -2.06. The summed E-state index contributed by atoms with van der Waals surface area (Å²) in [6, 6.07) is 9.93. The SMILES string of the molecule is CCc1nccn1CCCOc1ccccc1. The van der Waals surface area contributed by atoms with Crippen molar-refractivity contribution in [1.82, 2.24) is 9.55 Å². The van der Waals surface area contributed by atoms with Gasteiger partial charge in [0.25, 0.3) is 0 Å². The van der Waals surface area contributed by atoms with Gasteiger partial charge in [0, 0.05) is 25.4 Å². The fourth-order valence-corrected chi connectivity index (χ4v) is 1.80. The first-order valence-corrected chi connectivity index (χ1v) is 6.08. The van der Waals surface area contributed by atoms with Crippen LogP contribution < -0.4 is 4.74 Å². The zero-order chi connectivity index (χ0) is 11.9. The molecule has 0 aliphatic heterocycles. The number of aryl methyl sites for hydroxylation is 2. The number of benzene rings is 1. The maximum atomic E-state index is 5.64. The third kappa shape index (κ3) is 3.34. The summed E-state index contributed by atoms with van der Waals surface area (Å²) in [6.07, 6.45) is 5.86. The number of hydrogen-bond donors (Lipinski definition) is 0. The standard InChI is InChI=1S/C14H18N2O/c1-2-14-15-9-11-16(14)10-6-12-17-13-7-4-3-5-8-13/h3-5,7-9,11H,2,6,10,12H2,1H3. The molecule has 0 spiro atoms. The first kappa shape index (κ1) is 11.7. The van der Waals surface area contributed by atoms with Gasteiger partial charge in [0.15, 0.2) is 0 Å². The Balaban J connectivity index is 1.73. The second-order valence-electron chi connectivity index (χ2n) is 3.91. The van der Waals surface area contributed by atoms with E-state index in [-0.39, 0.29) is 0 Å². The number of imidazole rings is 1. The molecule has 0 atom stereocenters. The fraction of sp³-hybridized carbons (Fsp3) is 0.357. The van der Waals surface area contributed by atoms with Crippen LogP contribution in [0.15, 0.2) is 42.7 Å². The third-order valence-corrected chi connectivity index (χ3v) is 2.67. The van der Waals surface area contributed by atoms with Gasteiger partial charge in [-0.05, 0) is 18.6 Å². The smallest absolute Gasteiger partial charge is 0.119 e. The molecule has 0 saturated carbocycles. The number of ether oxygens (including phenoxy) is 1. The largest absolute Gasteiger partial charge is 0.494 e. The van der Waals surface area contributed by atoms with Crippen LogP contribution >= 0.6 is 0 Å². The average molecular weight is 230 g/mol. The van der Waals surface area contributed by atoms with Crippen LogP contribution in [0.3, 0.4) is 0 Å². The summed E-state index contributed by atoms with van der Waals surface area (Å²) in [7, 11) is 0. The molecule has 0 radical (unpaired) electrons. The predicted octanol–water partition coefficient (Wildman–Crippen LogP) is 2.91. The second kappa shape index (κ2) is 6.09. The van der Waals surface area contributed by atoms with E-state index in [0.717, 1.165) is 37.6 Å². The Kier molecular flexibility index (Phi) is 4.19. The van der Waals surface area contributed by atoms with Gasteiger partial charge in [-0.25, -0.2) is 4.98 Å². The van der Waals surface area contributed by atoms with Crippen molar-refractivity contribution in [3.8, 4) is 5.75 Å². The number of nitrogens with zero attached hydrogens (tertiary/aromatic N) is 2. The fourth-order valence-electron chi connectivity index (χ4n) is 1.80. The van der Waals surface area contributed by atoms with Crippen molar-refractivity contribution < 1.29 is 4.74 Å². The molecule has 0 unspecified atom stereocenters. The molecule has 0 aliphatic rings. The number of para-hydroxylation sites is 1. The van der Waals surface area contributed by atoms with E-state index in [1.807, 2.05) is 42.7 Å². The highest BCUT2D eigenvalue weighted by atomic mass is 16.5. The van der Waals surface area contributed by atoms with E-state index in [1.165, 1.54) is 0 Å². The molecule has 0 amide bonds. The maximum Gasteiger partial charge on any atom is 0.119 e. The Bertz CT molecular complexity index is 436. The molecule has 0 N–H and O–H groups in total. The highest BCUT2D eigenvalue weighted by Crippen LogP contribution is 2.09. The molecular formula is C14H18N2O. The Morgan fingerprint density at radius 3 is 2.82 bits per heavy atom. The van der Waals surface area contributed by atoms with Crippen molar-refractivity contribution >= 4 is 0 Å². The van der Waals surface area contributed by atoms with Crippen molar-refractivity contribution in [3.63, 3.8) is 0 Å². The summed E-state index contributed by atoms with van der Waals surface area (Å²) in [5.74, 6) is 2.08. The van der Waals surface area contributed by atoms with E-state index in [0.29, 0.717) is 0 Å². The van der Waals surface area contributed by atoms with Crippen LogP contribution in [0.4, 0.5) is 0 Å². The molecule has 2 rings (SSSR count). The Morgan fingerprint density at radius 2 is 2.06 bits per heavy atom. The maximum absolute atomic E-state index is 5.64. The number of aromatic nitrogens is 2. The molecule has 1 aromatic carbocycles. The molecule has 0 fully saturated rings. The van der Waals surface area contributed by atoms with E-state index in [9.17, 15) is 0 Å². The van der Waals surface area contributed by atoms with E-state index >= 15 is 0 Å². The molecule has 17 heavy (non-hydrogen) atoms. The Morgan fingerprint density at radius 1 is 1.24 bits per heavy atom. The molecule has 0 aliphatic carbocycles. The minimum absolute atomic E-state index is 0.741. The van der Waals surface area contributed by atoms with Crippen molar-refractivity contribution in [2.24, 2.45) is 0 Å². The highest BCUT2D eigenvalue weighted by Gasteiger charge is 1.99. The molecule has 1 aromatic heterocycles. The lowest BCUT2D eigenvalue weighted by Gasteiger charge is -2.08. The summed E-state index contributed by atoms with van der Waals surface area (Å²) in [5.41, 5.74) is 0. The van der Waals surface area contributed by atoms with Gasteiger partial charge >= 0.3 is 0 Å². The van der Waals surface area contributed by atoms with Crippen molar-refractivity contribution in [1.29, 1.82) is 0 Å². The number of hydrogen-bond acceptors (Lipinski definition) is 2. The molecule has 90 valence electrons. The second-order valence-corrected chi connectivity index (χ2v) is 3.91. The molecule has 0 saturated heterocycles. The van der Waals surface area contributed by atoms with Crippen LogP contribution in [0.2, 0.25) is 0 Å². The Labute approximate surface area is 102 Å². The van der Waals surface area contributed by atoms with Gasteiger partial charge in [-0.3, -0.25) is 0 Å². The van der Waals surface area contributed by atoms with E-state index in [4.69, 9.17) is 4.74 Å². The number of rotatable bonds is 6. The summed E-state index contributed by atoms with van der Waals surface area (Å²) in [5, 5.41) is 0. The van der Waals surface area contributed by atoms with Crippen molar-refractivity contribution in [2.75, 3.05) is 6.61 Å². The van der Waals surface area contributed by atoms with Gasteiger partial charge in [-0.15, -0.1) is 0 Å². The van der Waals surface area contributed by atoms with Crippen LogP contribution in [0, 0.1) is 0 Å². The lowest BCUT2D eigenvalue weighted by atomic mass is 10.3. The van der Waals surface area contributed by atoms with Crippen molar-refractivity contribution in [2.45, 2.75) is 26.3 Å². The lowest BCUT2D eigenvalue weighted by molar-refractivity contribution is 0.301. The first-order chi connectivity index (χ1) is 8.40. The van der Waals surface area contributed by atoms with Gasteiger partial charge in [0.2, 0.25) is 0 Å². The molecule has 1 heterocycles. The molecule has 0 bridgehead atoms. The quantitative estimate of drug-likeness (QED) is 0.713. The minimum Gasteiger partial charge on any atom is -0.494 e. The van der Waals surface area contributed by atoms with Crippen LogP contribution in [-0.4, -0.2) is 16.2 Å². The minimum atomic E-state index is 0.741. The van der Waals surface area contributed by atoms with E-state index in [2.05, 4.69) is 16.5 Å². The van der Waals surface area contributed by atoms with Crippen LogP contribution in [0.25, 0.3) is 0 Å². The van der Waals surface area contributed by atoms with Crippen molar-refractivity contribution in [3.05, 3.63) is 48.5 Å². The zero-order valence-electron chi connectivity index (χ0n) is 10.2. The summed E-state index contributed by atoms with van der Waals surface area (Å²) < 4.78 is 7.83. The van der Waals surface area contributed by atoms with Gasteiger partial charge in [0.05, 0.1) is 6.61 Å². The summed E-state index contributed by atoms with van der Waals surface area (Å²) in [4.78, 5) is 4.29. The first-order valence-electron chi connectivity index (χ1n) is 6.08. The topological polar surface area (TPSA) is 27.1 Å². The van der Waals surface area contributed by atoms with E-state index in [1.54, 1.807) is 0 Å². The predicted molar refractivity (Wildman–Crippen MR) is 68.2 cm³/mol. The third-order valence-electron chi connectivity index (χ3n) is 2.67. The van der Waals surface area contributed by atoms with Crippen LogP contribution in [0.5, 0.6) is 5.75 Å². The van der Waals surface area contributed by atoms with Crippen LogP contribution in [0.1, 0.15) is 19.2 Å². The van der Waals surface area contributed by atoms with Gasteiger partial charge in [0.1, 0.15) is 11.6 Å². The molecular weight excluding hydrogens is 212 g/mol. The van der Waals surface area contributed by atoms with Gasteiger partial charge < -0.3 is 9.30 Å². The monoisotopic (exact) mass is 230 g/mol.